The Labute approximate surface area is 386 Å². The molecule has 2 rings (SSSR count). The zero-order valence-corrected chi connectivity index (χ0v) is 40.0. The van der Waals surface area contributed by atoms with E-state index in [1.807, 2.05) is 6.08 Å². The number of ether oxygens (including phenoxy) is 4. The maximum atomic E-state index is 13.2. The second-order valence-corrected chi connectivity index (χ2v) is 18.7. The zero-order valence-electron chi connectivity index (χ0n) is 40.0. The number of allylic oxidation sites excluding steroid dienone is 1. The van der Waals surface area contributed by atoms with Crippen molar-refractivity contribution < 1.29 is 64.6 Å². The third-order valence-corrected chi connectivity index (χ3v) is 13.0. The van der Waals surface area contributed by atoms with Crippen molar-refractivity contribution in [3.05, 3.63) is 12.2 Å². The van der Waals surface area contributed by atoms with Gasteiger partial charge in [-0.1, -0.05) is 193 Å². The minimum atomic E-state index is -1.78. The van der Waals surface area contributed by atoms with Gasteiger partial charge in [0.1, 0.15) is 48.8 Å². The molecule has 0 spiro atoms. The number of hydrogen-bond donors (Lipinski definition) is 9. The van der Waals surface area contributed by atoms with Crippen LogP contribution in [0.25, 0.3) is 0 Å². The third-order valence-electron chi connectivity index (χ3n) is 13.0. The van der Waals surface area contributed by atoms with Gasteiger partial charge in [0, 0.05) is 6.42 Å². The Morgan fingerprint density at radius 3 is 1.44 bits per heavy atom. The van der Waals surface area contributed by atoms with Crippen molar-refractivity contribution in [2.75, 3.05) is 19.8 Å². The summed E-state index contributed by atoms with van der Waals surface area (Å²) in [6, 6.07) is -0.907. The molecule has 14 heteroatoms. The molecule has 2 saturated heterocycles. The summed E-state index contributed by atoms with van der Waals surface area (Å²) in [5.74, 6) is -0.237. The molecule has 0 saturated carbocycles. The van der Waals surface area contributed by atoms with Crippen LogP contribution in [0.2, 0.25) is 0 Å². The molecule has 4 unspecified atom stereocenters. The monoisotopic (exact) mass is 918 g/mol. The van der Waals surface area contributed by atoms with E-state index >= 15 is 0 Å². The largest absolute Gasteiger partial charge is 0.394 e. The van der Waals surface area contributed by atoms with Gasteiger partial charge in [-0.2, -0.15) is 0 Å². The first kappa shape index (κ1) is 58.9. The molecule has 2 aliphatic rings. The summed E-state index contributed by atoms with van der Waals surface area (Å²) in [4.78, 5) is 13.2. The highest BCUT2D eigenvalue weighted by Crippen LogP contribution is 2.30. The molecular weight excluding hydrogens is 823 g/mol. The van der Waals surface area contributed by atoms with Gasteiger partial charge in [0.25, 0.3) is 0 Å². The molecule has 9 N–H and O–H groups in total. The van der Waals surface area contributed by atoms with E-state index in [4.69, 9.17) is 18.9 Å². The van der Waals surface area contributed by atoms with Gasteiger partial charge >= 0.3 is 0 Å². The standard InChI is InChI=1S/C50H95NO13/c1-3-5-7-9-11-13-15-17-18-19-20-22-24-26-28-30-32-34-42(55)51-38(39(54)33-31-29-27-25-23-21-16-14-12-10-8-6-4-2)37-61-49-47(60)45(58)48(41(36-53)63-49)64-50-46(59)44(57)43(56)40(35-52)62-50/h31,33,38-41,43-50,52-54,56-60H,3-30,32,34-37H2,1-2H3,(H,51,55)/b33-31+/t38-,39+,40?,41?,43+,44-,45+,46?,47?,48+,49+,50-/m0/s1. The lowest BCUT2D eigenvalue weighted by molar-refractivity contribution is -0.359. The Kier molecular flexibility index (Phi) is 34.7. The molecule has 2 aliphatic heterocycles. The molecular formula is C50H95NO13. The quantitative estimate of drug-likeness (QED) is 0.0229. The predicted octanol–water partition coefficient (Wildman–Crippen LogP) is 6.77. The number of aliphatic hydroxyl groups is 8. The summed E-state index contributed by atoms with van der Waals surface area (Å²) < 4.78 is 22.7. The fraction of sp³-hybridized carbons (Fsp3) is 0.940. The number of hydrogen-bond acceptors (Lipinski definition) is 13. The van der Waals surface area contributed by atoms with Crippen molar-refractivity contribution in [3.8, 4) is 0 Å². The van der Waals surface area contributed by atoms with Crippen LogP contribution in [0.1, 0.15) is 206 Å². The number of unbranched alkanes of at least 4 members (excludes halogenated alkanes) is 27. The summed E-state index contributed by atoms with van der Waals surface area (Å²) >= 11 is 0. The van der Waals surface area contributed by atoms with Gasteiger partial charge in [0.15, 0.2) is 12.6 Å². The molecule has 2 heterocycles. The SMILES string of the molecule is CCCCCCCCCCCCC/C=C/[C@@H](O)[C@H](CO[C@@H]1OC(CO)[C@@H](O[C@@H]2OC(CO)[C@@H](O)[C@H](O)C2O)[C@H](O)C1O)NC(=O)CCCCCCCCCCCCCCCCCCC. The van der Waals surface area contributed by atoms with E-state index in [1.165, 1.54) is 141 Å². The maximum absolute atomic E-state index is 13.2. The van der Waals surface area contributed by atoms with Crippen LogP contribution in [-0.2, 0) is 23.7 Å². The molecule has 12 atom stereocenters. The number of carbonyl (C=O) groups is 1. The number of rotatable bonds is 40. The average Bonchev–Trinajstić information content (AvgIpc) is 3.29. The molecule has 0 aromatic rings. The molecule has 0 radical (unpaired) electrons. The highest BCUT2D eigenvalue weighted by Gasteiger charge is 2.51. The van der Waals surface area contributed by atoms with E-state index in [9.17, 15) is 45.6 Å². The second kappa shape index (κ2) is 37.7. The minimum Gasteiger partial charge on any atom is -0.394 e. The first-order valence-corrected chi connectivity index (χ1v) is 25.9. The molecule has 0 aromatic heterocycles. The van der Waals surface area contributed by atoms with Crippen LogP contribution in [0.3, 0.4) is 0 Å². The molecule has 64 heavy (non-hydrogen) atoms. The van der Waals surface area contributed by atoms with Crippen molar-refractivity contribution in [2.24, 2.45) is 0 Å². The lowest BCUT2D eigenvalue weighted by Crippen LogP contribution is -2.65. The Balaban J connectivity index is 1.83. The fourth-order valence-electron chi connectivity index (χ4n) is 8.70. The van der Waals surface area contributed by atoms with Gasteiger partial charge in [0.2, 0.25) is 5.91 Å². The topological polar surface area (TPSA) is 228 Å². The van der Waals surface area contributed by atoms with Crippen molar-refractivity contribution in [3.63, 3.8) is 0 Å². The summed E-state index contributed by atoms with van der Waals surface area (Å²) in [6.07, 6.45) is 22.5. The van der Waals surface area contributed by atoms with E-state index in [2.05, 4.69) is 19.2 Å². The van der Waals surface area contributed by atoms with E-state index < -0.39 is 86.8 Å². The lowest BCUT2D eigenvalue weighted by atomic mass is 9.97. The number of aliphatic hydroxyl groups excluding tert-OH is 8. The lowest BCUT2D eigenvalue weighted by Gasteiger charge is -2.46. The summed E-state index contributed by atoms with van der Waals surface area (Å²) in [7, 11) is 0. The predicted molar refractivity (Wildman–Crippen MR) is 249 cm³/mol. The van der Waals surface area contributed by atoms with Gasteiger partial charge in [-0.15, -0.1) is 0 Å². The Bertz CT molecular complexity index is 1130. The van der Waals surface area contributed by atoms with E-state index in [-0.39, 0.29) is 18.9 Å². The van der Waals surface area contributed by atoms with Crippen LogP contribution < -0.4 is 5.32 Å². The Morgan fingerprint density at radius 2 is 0.969 bits per heavy atom. The summed E-state index contributed by atoms with van der Waals surface area (Å²) in [5.41, 5.74) is 0. The number of carbonyl (C=O) groups excluding carboxylic acids is 1. The van der Waals surface area contributed by atoms with Gasteiger partial charge in [0.05, 0.1) is 32.0 Å². The van der Waals surface area contributed by atoms with Crippen LogP contribution in [0, 0.1) is 0 Å². The van der Waals surface area contributed by atoms with Crippen molar-refractivity contribution >= 4 is 5.91 Å². The van der Waals surface area contributed by atoms with E-state index in [0.717, 1.165) is 38.5 Å². The van der Waals surface area contributed by atoms with Crippen molar-refractivity contribution in [2.45, 2.75) is 280 Å². The maximum Gasteiger partial charge on any atom is 0.220 e. The fourth-order valence-corrected chi connectivity index (χ4v) is 8.70. The van der Waals surface area contributed by atoms with E-state index in [1.54, 1.807) is 6.08 Å². The van der Waals surface area contributed by atoms with Gasteiger partial charge in [-0.25, -0.2) is 0 Å². The van der Waals surface area contributed by atoms with Crippen molar-refractivity contribution in [1.82, 2.24) is 5.32 Å². The minimum absolute atomic E-state index is 0.237. The van der Waals surface area contributed by atoms with E-state index in [0.29, 0.717) is 6.42 Å². The van der Waals surface area contributed by atoms with Gasteiger partial charge in [-0.3, -0.25) is 4.79 Å². The second-order valence-electron chi connectivity index (χ2n) is 18.7. The van der Waals surface area contributed by atoms with Crippen LogP contribution in [-0.4, -0.2) is 140 Å². The molecule has 0 bridgehead atoms. The third kappa shape index (κ3) is 24.7. The summed E-state index contributed by atoms with van der Waals surface area (Å²) in [6.45, 7) is 2.79. The molecule has 0 aliphatic carbocycles. The highest BCUT2D eigenvalue weighted by atomic mass is 16.7. The average molecular weight is 918 g/mol. The molecule has 378 valence electrons. The first-order valence-electron chi connectivity index (χ1n) is 25.9. The smallest absolute Gasteiger partial charge is 0.220 e. The molecule has 14 nitrogen and oxygen atoms in total. The van der Waals surface area contributed by atoms with Crippen LogP contribution in [0.4, 0.5) is 0 Å². The van der Waals surface area contributed by atoms with Crippen LogP contribution in [0.5, 0.6) is 0 Å². The van der Waals surface area contributed by atoms with Crippen LogP contribution in [0.15, 0.2) is 12.2 Å². The highest BCUT2D eigenvalue weighted by molar-refractivity contribution is 5.76. The zero-order chi connectivity index (χ0) is 46.8. The van der Waals surface area contributed by atoms with Crippen LogP contribution >= 0.6 is 0 Å². The van der Waals surface area contributed by atoms with Gasteiger partial charge < -0.3 is 65.1 Å². The molecule has 1 amide bonds. The number of nitrogens with one attached hydrogen (secondary N) is 1. The summed E-state index contributed by atoms with van der Waals surface area (Å²) in [5, 5.41) is 86.7. The molecule has 0 aromatic carbocycles. The van der Waals surface area contributed by atoms with Crippen molar-refractivity contribution in [1.29, 1.82) is 0 Å². The number of amides is 1. The Hall–Kier alpha value is -1.27. The first-order chi connectivity index (χ1) is 31.1. The molecule has 2 fully saturated rings. The Morgan fingerprint density at radius 1 is 0.547 bits per heavy atom. The van der Waals surface area contributed by atoms with Gasteiger partial charge in [-0.05, 0) is 19.3 Å². The normalized spacial score (nSPS) is 27.3.